The van der Waals surface area contributed by atoms with Gasteiger partial charge in [0.1, 0.15) is 4.83 Å². The molecule has 0 radical (unpaired) electrons. The summed E-state index contributed by atoms with van der Waals surface area (Å²) in [6, 6.07) is 7.80. The summed E-state index contributed by atoms with van der Waals surface area (Å²) in [5.41, 5.74) is 2.06. The molecule has 0 saturated carbocycles. The lowest BCUT2D eigenvalue weighted by atomic mass is 10.2. The highest BCUT2D eigenvalue weighted by Crippen LogP contribution is 2.39. The van der Waals surface area contributed by atoms with E-state index in [1.54, 1.807) is 11.9 Å². The molecule has 0 fully saturated rings. The van der Waals surface area contributed by atoms with E-state index in [2.05, 4.69) is 15.9 Å². The number of rotatable bonds is 0. The van der Waals surface area contributed by atoms with E-state index >= 15 is 0 Å². The quantitative estimate of drug-likeness (QED) is 0.620. The second kappa shape index (κ2) is 2.59. The van der Waals surface area contributed by atoms with Crippen LogP contribution in [0, 0.1) is 0 Å². The summed E-state index contributed by atoms with van der Waals surface area (Å²) in [4.78, 5) is 13.0. The molecule has 1 amide bonds. The molecule has 3 heteroatoms. The highest BCUT2D eigenvalue weighted by atomic mass is 79.9. The summed E-state index contributed by atoms with van der Waals surface area (Å²) in [5.74, 6) is 0.108. The Morgan fingerprint density at radius 1 is 1.42 bits per heavy atom. The number of para-hydroxylation sites is 1. The van der Waals surface area contributed by atoms with Gasteiger partial charge in [-0.2, -0.15) is 0 Å². The predicted octanol–water partition coefficient (Wildman–Crippen LogP) is 2.10. The minimum Gasteiger partial charge on any atom is -0.314 e. The summed E-state index contributed by atoms with van der Waals surface area (Å²) >= 11 is 3.35. The Labute approximate surface area is 79.3 Å². The zero-order chi connectivity index (χ0) is 8.72. The monoisotopic (exact) mass is 225 g/mol. The number of alkyl halides is 1. The number of hydrogen-bond donors (Lipinski definition) is 0. The maximum atomic E-state index is 11.4. The smallest absolute Gasteiger partial charge is 0.245 e. The maximum Gasteiger partial charge on any atom is 0.245 e. The number of likely N-dealkylation sites (N-methyl/N-ethyl adjacent to an activating group) is 1. The molecule has 12 heavy (non-hydrogen) atoms. The summed E-state index contributed by atoms with van der Waals surface area (Å²) in [6.07, 6.45) is 0. The number of amides is 1. The second-order valence-electron chi connectivity index (χ2n) is 2.82. The van der Waals surface area contributed by atoms with Crippen molar-refractivity contribution in [3.63, 3.8) is 0 Å². The molecule has 0 spiro atoms. The predicted molar refractivity (Wildman–Crippen MR) is 51.5 cm³/mol. The van der Waals surface area contributed by atoms with Crippen molar-refractivity contribution in [1.82, 2.24) is 0 Å². The van der Waals surface area contributed by atoms with Crippen LogP contribution in [-0.4, -0.2) is 13.0 Å². The SMILES string of the molecule is CN1C(=O)[C@H](Br)c2ccccc21. The Morgan fingerprint density at radius 3 is 2.75 bits per heavy atom. The number of halogens is 1. The molecule has 0 aliphatic carbocycles. The lowest BCUT2D eigenvalue weighted by Crippen LogP contribution is -2.21. The van der Waals surface area contributed by atoms with E-state index in [9.17, 15) is 4.79 Å². The van der Waals surface area contributed by atoms with Crippen molar-refractivity contribution in [3.05, 3.63) is 29.8 Å². The van der Waals surface area contributed by atoms with Crippen LogP contribution in [0.15, 0.2) is 24.3 Å². The van der Waals surface area contributed by atoms with Gasteiger partial charge in [-0.25, -0.2) is 0 Å². The Kier molecular flexibility index (Phi) is 1.68. The third-order valence-corrected chi connectivity index (χ3v) is 3.00. The van der Waals surface area contributed by atoms with Gasteiger partial charge in [-0.15, -0.1) is 0 Å². The lowest BCUT2D eigenvalue weighted by molar-refractivity contribution is -0.117. The van der Waals surface area contributed by atoms with Crippen LogP contribution in [0.5, 0.6) is 0 Å². The van der Waals surface area contributed by atoms with Crippen molar-refractivity contribution < 1.29 is 4.79 Å². The summed E-state index contributed by atoms with van der Waals surface area (Å²) in [7, 11) is 1.79. The largest absolute Gasteiger partial charge is 0.314 e. The van der Waals surface area contributed by atoms with E-state index in [4.69, 9.17) is 0 Å². The number of nitrogens with zero attached hydrogens (tertiary/aromatic N) is 1. The van der Waals surface area contributed by atoms with Gasteiger partial charge in [-0.3, -0.25) is 4.79 Å². The average Bonchev–Trinajstić information content (AvgIpc) is 2.33. The fraction of sp³-hybridized carbons (Fsp3) is 0.222. The Hall–Kier alpha value is -0.830. The topological polar surface area (TPSA) is 20.3 Å². The number of benzene rings is 1. The van der Waals surface area contributed by atoms with Crippen molar-refractivity contribution in [2.24, 2.45) is 0 Å². The molecule has 2 nitrogen and oxygen atoms in total. The van der Waals surface area contributed by atoms with E-state index in [0.717, 1.165) is 11.3 Å². The Bertz CT molecular complexity index is 306. The van der Waals surface area contributed by atoms with Gasteiger partial charge in [0.05, 0.1) is 0 Å². The summed E-state index contributed by atoms with van der Waals surface area (Å²) < 4.78 is 0. The van der Waals surface area contributed by atoms with E-state index in [1.807, 2.05) is 24.3 Å². The van der Waals surface area contributed by atoms with Gasteiger partial charge >= 0.3 is 0 Å². The number of anilines is 1. The number of carbonyl (C=O) groups is 1. The number of fused-ring (bicyclic) bond motifs is 1. The number of hydrogen-bond acceptors (Lipinski definition) is 1. The molecular formula is C9H8BrNO. The standard InChI is InChI=1S/C9H8BrNO/c1-11-7-5-3-2-4-6(7)8(10)9(11)12/h2-5,8H,1H3/t8-/m1/s1. The molecule has 62 valence electrons. The first-order valence-corrected chi connectivity index (χ1v) is 4.64. The fourth-order valence-corrected chi connectivity index (χ4v) is 2.12. The van der Waals surface area contributed by atoms with Crippen LogP contribution in [0.3, 0.4) is 0 Å². The summed E-state index contributed by atoms with van der Waals surface area (Å²) in [5, 5.41) is 0. The first kappa shape index (κ1) is 7.80. The normalized spacial score (nSPS) is 21.3. The van der Waals surface area contributed by atoms with E-state index in [0.29, 0.717) is 0 Å². The molecule has 0 N–H and O–H groups in total. The molecule has 0 unspecified atom stereocenters. The molecule has 1 aromatic rings. The Morgan fingerprint density at radius 2 is 2.08 bits per heavy atom. The van der Waals surface area contributed by atoms with Gasteiger partial charge in [-0.1, -0.05) is 34.1 Å². The third kappa shape index (κ3) is 0.894. The molecule has 1 aliphatic rings. The lowest BCUT2D eigenvalue weighted by Gasteiger charge is -2.08. The van der Waals surface area contributed by atoms with E-state index < -0.39 is 0 Å². The van der Waals surface area contributed by atoms with Crippen LogP contribution in [-0.2, 0) is 4.79 Å². The minimum absolute atomic E-state index is 0.108. The molecule has 1 aliphatic heterocycles. The van der Waals surface area contributed by atoms with Crippen molar-refractivity contribution in [2.75, 3.05) is 11.9 Å². The van der Waals surface area contributed by atoms with Crippen molar-refractivity contribution in [1.29, 1.82) is 0 Å². The highest BCUT2D eigenvalue weighted by molar-refractivity contribution is 9.09. The summed E-state index contributed by atoms with van der Waals surface area (Å²) in [6.45, 7) is 0. The van der Waals surface area contributed by atoms with Crippen molar-refractivity contribution >= 4 is 27.5 Å². The van der Waals surface area contributed by atoms with Crippen LogP contribution >= 0.6 is 15.9 Å². The Balaban J connectivity index is 2.59. The van der Waals surface area contributed by atoms with Gasteiger partial charge in [0.25, 0.3) is 0 Å². The van der Waals surface area contributed by atoms with Crippen LogP contribution in [0.4, 0.5) is 5.69 Å². The highest BCUT2D eigenvalue weighted by Gasteiger charge is 2.32. The molecule has 1 heterocycles. The van der Waals surface area contributed by atoms with Crippen LogP contribution in [0.1, 0.15) is 10.4 Å². The van der Waals surface area contributed by atoms with Gasteiger partial charge in [0.2, 0.25) is 5.91 Å². The molecule has 1 atom stereocenters. The average molecular weight is 226 g/mol. The van der Waals surface area contributed by atoms with Gasteiger partial charge in [-0.05, 0) is 11.6 Å². The minimum atomic E-state index is -0.154. The van der Waals surface area contributed by atoms with Gasteiger partial charge in [0.15, 0.2) is 0 Å². The van der Waals surface area contributed by atoms with Crippen LogP contribution in [0.2, 0.25) is 0 Å². The first-order chi connectivity index (χ1) is 5.72. The van der Waals surface area contributed by atoms with Crippen LogP contribution < -0.4 is 4.90 Å². The van der Waals surface area contributed by atoms with E-state index in [-0.39, 0.29) is 10.7 Å². The maximum absolute atomic E-state index is 11.4. The zero-order valence-electron chi connectivity index (χ0n) is 6.62. The third-order valence-electron chi connectivity index (χ3n) is 2.12. The van der Waals surface area contributed by atoms with Crippen molar-refractivity contribution in [3.8, 4) is 0 Å². The van der Waals surface area contributed by atoms with Crippen molar-refractivity contribution in [2.45, 2.75) is 4.83 Å². The molecule has 0 saturated heterocycles. The van der Waals surface area contributed by atoms with E-state index in [1.165, 1.54) is 0 Å². The van der Waals surface area contributed by atoms with Gasteiger partial charge in [0, 0.05) is 12.7 Å². The first-order valence-electron chi connectivity index (χ1n) is 3.72. The zero-order valence-corrected chi connectivity index (χ0v) is 8.21. The molecule has 0 bridgehead atoms. The van der Waals surface area contributed by atoms with Gasteiger partial charge < -0.3 is 4.90 Å². The molecule has 0 aromatic heterocycles. The molecular weight excluding hydrogens is 218 g/mol. The number of carbonyl (C=O) groups excluding carboxylic acids is 1. The molecule has 1 aromatic carbocycles. The van der Waals surface area contributed by atoms with Crippen LogP contribution in [0.25, 0.3) is 0 Å². The fourth-order valence-electron chi connectivity index (χ4n) is 1.43. The molecule has 2 rings (SSSR count). The second-order valence-corrected chi connectivity index (χ2v) is 3.73.